The Morgan fingerprint density at radius 1 is 1.56 bits per heavy atom. The molecule has 0 spiro atoms. The van der Waals surface area contributed by atoms with Gasteiger partial charge in [0.25, 0.3) is 5.91 Å². The molecule has 0 radical (unpaired) electrons. The minimum absolute atomic E-state index is 0.0404. The van der Waals surface area contributed by atoms with E-state index in [1.165, 1.54) is 0 Å². The Kier molecular flexibility index (Phi) is 2.83. The van der Waals surface area contributed by atoms with Crippen LogP contribution in [0.4, 0.5) is 0 Å². The molecule has 1 aliphatic heterocycles. The third kappa shape index (κ3) is 1.88. The van der Waals surface area contributed by atoms with Gasteiger partial charge < -0.3 is 15.7 Å². The number of rotatable bonds is 1. The van der Waals surface area contributed by atoms with Crippen LogP contribution < -0.4 is 5.73 Å². The van der Waals surface area contributed by atoms with Crippen molar-refractivity contribution in [1.29, 1.82) is 0 Å². The lowest BCUT2D eigenvalue weighted by Gasteiger charge is -2.17. The zero-order valence-corrected chi connectivity index (χ0v) is 9.31. The Hall–Kier alpha value is -1.55. The number of aromatic hydroxyl groups is 1. The average Bonchev–Trinajstić information content (AvgIpc) is 2.68. The first-order valence-electron chi connectivity index (χ1n) is 5.43. The first kappa shape index (κ1) is 11.0. The van der Waals surface area contributed by atoms with E-state index in [2.05, 4.69) is 0 Å². The highest BCUT2D eigenvalue weighted by atomic mass is 16.3. The number of phenolic OH excluding ortho intramolecular Hbond substituents is 1. The molecule has 4 nitrogen and oxygen atoms in total. The van der Waals surface area contributed by atoms with Gasteiger partial charge in [-0.05, 0) is 25.5 Å². The molecule has 1 fully saturated rings. The monoisotopic (exact) mass is 220 g/mol. The van der Waals surface area contributed by atoms with E-state index in [0.717, 1.165) is 6.42 Å². The molecule has 1 aromatic carbocycles. The van der Waals surface area contributed by atoms with E-state index in [4.69, 9.17) is 5.73 Å². The normalized spacial score (nSPS) is 20.1. The summed E-state index contributed by atoms with van der Waals surface area (Å²) in [6, 6.07) is 5.09. The second kappa shape index (κ2) is 4.14. The van der Waals surface area contributed by atoms with Gasteiger partial charge in [-0.15, -0.1) is 0 Å². The topological polar surface area (TPSA) is 66.6 Å². The maximum Gasteiger partial charge on any atom is 0.254 e. The van der Waals surface area contributed by atoms with Gasteiger partial charge in [-0.1, -0.05) is 6.07 Å². The van der Waals surface area contributed by atoms with Gasteiger partial charge in [0, 0.05) is 30.3 Å². The zero-order chi connectivity index (χ0) is 11.7. The van der Waals surface area contributed by atoms with Gasteiger partial charge in [-0.2, -0.15) is 0 Å². The Morgan fingerprint density at radius 2 is 2.31 bits per heavy atom. The predicted octanol–water partition coefficient (Wildman–Crippen LogP) is 0.874. The quantitative estimate of drug-likeness (QED) is 0.738. The van der Waals surface area contributed by atoms with Gasteiger partial charge in [-0.25, -0.2) is 0 Å². The second-order valence-electron chi connectivity index (χ2n) is 4.25. The van der Waals surface area contributed by atoms with E-state index in [9.17, 15) is 9.90 Å². The fraction of sp³-hybridized carbons (Fsp3) is 0.417. The van der Waals surface area contributed by atoms with Crippen LogP contribution in [-0.2, 0) is 0 Å². The van der Waals surface area contributed by atoms with Crippen LogP contribution in [0.5, 0.6) is 5.75 Å². The summed E-state index contributed by atoms with van der Waals surface area (Å²) >= 11 is 0. The average molecular weight is 220 g/mol. The van der Waals surface area contributed by atoms with Gasteiger partial charge in [-0.3, -0.25) is 4.79 Å². The minimum Gasteiger partial charge on any atom is -0.508 e. The third-order valence-corrected chi connectivity index (χ3v) is 3.05. The summed E-state index contributed by atoms with van der Waals surface area (Å²) in [6.45, 7) is 3.06. The Bertz CT molecular complexity index is 417. The van der Waals surface area contributed by atoms with Crippen LogP contribution in [0.15, 0.2) is 18.2 Å². The lowest BCUT2D eigenvalue weighted by Crippen LogP contribution is -2.32. The summed E-state index contributed by atoms with van der Waals surface area (Å²) in [4.78, 5) is 13.9. The van der Waals surface area contributed by atoms with Gasteiger partial charge in [0.15, 0.2) is 0 Å². The molecule has 1 heterocycles. The molecule has 86 valence electrons. The van der Waals surface area contributed by atoms with Gasteiger partial charge in [0.1, 0.15) is 5.75 Å². The van der Waals surface area contributed by atoms with Crippen molar-refractivity contribution in [3.8, 4) is 5.75 Å². The Morgan fingerprint density at radius 3 is 2.94 bits per heavy atom. The predicted molar refractivity (Wildman–Crippen MR) is 61.3 cm³/mol. The molecule has 1 aromatic rings. The summed E-state index contributed by atoms with van der Waals surface area (Å²) in [6.07, 6.45) is 0.851. The van der Waals surface area contributed by atoms with Crippen LogP contribution in [0.25, 0.3) is 0 Å². The Balaban J connectivity index is 2.24. The molecule has 0 aliphatic carbocycles. The van der Waals surface area contributed by atoms with Crippen LogP contribution in [0.2, 0.25) is 0 Å². The van der Waals surface area contributed by atoms with Crippen molar-refractivity contribution in [2.75, 3.05) is 13.1 Å². The summed E-state index contributed by atoms with van der Waals surface area (Å²) in [5, 5.41) is 9.55. The number of phenols is 1. The van der Waals surface area contributed by atoms with E-state index >= 15 is 0 Å². The van der Waals surface area contributed by atoms with E-state index in [1.54, 1.807) is 30.0 Å². The summed E-state index contributed by atoms with van der Waals surface area (Å²) in [5.41, 5.74) is 6.96. The van der Waals surface area contributed by atoms with Crippen molar-refractivity contribution in [3.63, 3.8) is 0 Å². The van der Waals surface area contributed by atoms with E-state index in [1.807, 2.05) is 0 Å². The van der Waals surface area contributed by atoms with Crippen LogP contribution in [0.3, 0.4) is 0 Å². The fourth-order valence-electron chi connectivity index (χ4n) is 2.00. The first-order valence-corrected chi connectivity index (χ1v) is 5.43. The number of likely N-dealkylation sites (tertiary alicyclic amines) is 1. The largest absolute Gasteiger partial charge is 0.508 e. The SMILES string of the molecule is Cc1c(O)cccc1C(=O)N1CC[C@H](N)C1. The highest BCUT2D eigenvalue weighted by molar-refractivity contribution is 5.96. The number of amides is 1. The molecule has 1 saturated heterocycles. The number of hydrogen-bond donors (Lipinski definition) is 2. The van der Waals surface area contributed by atoms with E-state index in [-0.39, 0.29) is 17.7 Å². The van der Waals surface area contributed by atoms with Crippen molar-refractivity contribution in [2.24, 2.45) is 5.73 Å². The zero-order valence-electron chi connectivity index (χ0n) is 9.31. The van der Waals surface area contributed by atoms with E-state index < -0.39 is 0 Å². The number of hydrogen-bond acceptors (Lipinski definition) is 3. The molecule has 16 heavy (non-hydrogen) atoms. The van der Waals surface area contributed by atoms with Gasteiger partial charge in [0.2, 0.25) is 0 Å². The molecular weight excluding hydrogens is 204 g/mol. The lowest BCUT2D eigenvalue weighted by atomic mass is 10.1. The second-order valence-corrected chi connectivity index (χ2v) is 4.25. The molecule has 0 saturated carbocycles. The minimum atomic E-state index is -0.0404. The lowest BCUT2D eigenvalue weighted by molar-refractivity contribution is 0.0789. The van der Waals surface area contributed by atoms with Crippen LogP contribution in [-0.4, -0.2) is 35.0 Å². The van der Waals surface area contributed by atoms with Gasteiger partial charge >= 0.3 is 0 Å². The van der Waals surface area contributed by atoms with Crippen molar-refractivity contribution in [1.82, 2.24) is 4.90 Å². The molecule has 0 unspecified atom stereocenters. The highest BCUT2D eigenvalue weighted by Gasteiger charge is 2.25. The number of benzene rings is 1. The molecule has 1 atom stereocenters. The summed E-state index contributed by atoms with van der Waals surface area (Å²) in [5.74, 6) is 0.121. The summed E-state index contributed by atoms with van der Waals surface area (Å²) in [7, 11) is 0. The maximum absolute atomic E-state index is 12.1. The number of carbonyl (C=O) groups is 1. The van der Waals surface area contributed by atoms with Crippen molar-refractivity contribution in [2.45, 2.75) is 19.4 Å². The van der Waals surface area contributed by atoms with E-state index in [0.29, 0.717) is 24.2 Å². The highest BCUT2D eigenvalue weighted by Crippen LogP contribution is 2.22. The molecule has 3 N–H and O–H groups in total. The van der Waals surface area contributed by atoms with Crippen molar-refractivity contribution < 1.29 is 9.90 Å². The third-order valence-electron chi connectivity index (χ3n) is 3.05. The Labute approximate surface area is 94.7 Å². The van der Waals surface area contributed by atoms with Crippen molar-refractivity contribution in [3.05, 3.63) is 29.3 Å². The number of nitrogens with zero attached hydrogens (tertiary/aromatic N) is 1. The number of nitrogens with two attached hydrogens (primary N) is 1. The first-order chi connectivity index (χ1) is 7.59. The maximum atomic E-state index is 12.1. The van der Waals surface area contributed by atoms with Crippen LogP contribution in [0.1, 0.15) is 22.3 Å². The molecule has 1 amide bonds. The molecule has 1 aliphatic rings. The van der Waals surface area contributed by atoms with Crippen molar-refractivity contribution >= 4 is 5.91 Å². The fourth-order valence-corrected chi connectivity index (χ4v) is 2.00. The molecule has 4 heteroatoms. The van der Waals surface area contributed by atoms with Crippen LogP contribution in [0, 0.1) is 6.92 Å². The molecule has 0 aromatic heterocycles. The molecular formula is C12H16N2O2. The molecule has 0 bridgehead atoms. The van der Waals surface area contributed by atoms with Gasteiger partial charge in [0.05, 0.1) is 0 Å². The molecule has 2 rings (SSSR count). The summed E-state index contributed by atoms with van der Waals surface area (Å²) < 4.78 is 0. The standard InChI is InChI=1S/C12H16N2O2/c1-8-10(3-2-4-11(8)15)12(16)14-6-5-9(13)7-14/h2-4,9,15H,5-7,13H2,1H3/t9-/m0/s1. The smallest absolute Gasteiger partial charge is 0.254 e. The number of carbonyl (C=O) groups excluding carboxylic acids is 1. The van der Waals surface area contributed by atoms with Crippen LogP contribution >= 0.6 is 0 Å².